The maximum absolute atomic E-state index is 12.9. The van der Waals surface area contributed by atoms with Crippen molar-refractivity contribution >= 4 is 11.6 Å². The van der Waals surface area contributed by atoms with Crippen LogP contribution in [0.5, 0.6) is 5.75 Å². The molecule has 0 heterocycles. The smallest absolute Gasteiger partial charge is 0.387 e. The van der Waals surface area contributed by atoms with Crippen LogP contribution in [0.25, 0.3) is 0 Å². The fourth-order valence-corrected chi connectivity index (χ4v) is 1.07. The Hall–Kier alpha value is -0.970. The lowest BCUT2D eigenvalue weighted by molar-refractivity contribution is -0.0525. The molecule has 0 saturated heterocycles. The highest BCUT2D eigenvalue weighted by molar-refractivity contribution is 6.17. The fourth-order valence-electron chi connectivity index (χ4n) is 0.862. The van der Waals surface area contributed by atoms with Crippen molar-refractivity contribution in [1.82, 2.24) is 0 Å². The molecular weight excluding hydrogens is 224 g/mol. The number of alkyl halides is 3. The zero-order valence-electron chi connectivity index (χ0n) is 6.74. The van der Waals surface area contributed by atoms with Crippen molar-refractivity contribution in [3.63, 3.8) is 0 Å². The summed E-state index contributed by atoms with van der Waals surface area (Å²) in [7, 11) is 0. The Balaban J connectivity index is 3.04. The van der Waals surface area contributed by atoms with Gasteiger partial charge in [0.25, 0.3) is 0 Å². The first-order valence-corrected chi connectivity index (χ1v) is 4.07. The number of hydrogen-bond acceptors (Lipinski definition) is 1. The van der Waals surface area contributed by atoms with Crippen LogP contribution in [0.4, 0.5) is 17.6 Å². The molecular formula is C8H5ClF4O. The average molecular weight is 229 g/mol. The molecule has 0 spiro atoms. The maximum atomic E-state index is 12.9. The van der Waals surface area contributed by atoms with Gasteiger partial charge in [-0.05, 0) is 6.07 Å². The lowest BCUT2D eigenvalue weighted by Gasteiger charge is -2.07. The van der Waals surface area contributed by atoms with Gasteiger partial charge in [0.1, 0.15) is 0 Å². The molecule has 0 bridgehead atoms. The first kappa shape index (κ1) is 11.1. The SMILES string of the molecule is Fc1c(CCl)ccc(OC(F)F)c1F. The van der Waals surface area contributed by atoms with Crippen LogP contribution < -0.4 is 4.74 Å². The van der Waals surface area contributed by atoms with Crippen LogP contribution in [0.2, 0.25) is 0 Å². The maximum Gasteiger partial charge on any atom is 0.387 e. The first-order chi connectivity index (χ1) is 6.56. The van der Waals surface area contributed by atoms with Crippen molar-refractivity contribution in [2.75, 3.05) is 0 Å². The Kier molecular flexibility index (Phi) is 3.57. The number of hydrogen-bond donors (Lipinski definition) is 0. The molecule has 1 rings (SSSR count). The molecule has 1 aromatic rings. The van der Waals surface area contributed by atoms with E-state index in [1.807, 2.05) is 0 Å². The fraction of sp³-hybridized carbons (Fsp3) is 0.250. The Morgan fingerprint density at radius 1 is 1.21 bits per heavy atom. The van der Waals surface area contributed by atoms with E-state index in [1.54, 1.807) is 0 Å². The van der Waals surface area contributed by atoms with Gasteiger partial charge in [0.15, 0.2) is 11.6 Å². The lowest BCUT2D eigenvalue weighted by Crippen LogP contribution is -2.05. The number of benzene rings is 1. The number of rotatable bonds is 3. The summed E-state index contributed by atoms with van der Waals surface area (Å²) in [5, 5.41) is 0. The van der Waals surface area contributed by atoms with Gasteiger partial charge in [-0.25, -0.2) is 4.39 Å². The summed E-state index contributed by atoms with van der Waals surface area (Å²) in [6.07, 6.45) is 0. The van der Waals surface area contributed by atoms with E-state index in [-0.39, 0.29) is 11.4 Å². The third-order valence-electron chi connectivity index (χ3n) is 1.49. The van der Waals surface area contributed by atoms with Crippen LogP contribution >= 0.6 is 11.6 Å². The second-order valence-electron chi connectivity index (χ2n) is 2.36. The molecule has 0 saturated carbocycles. The molecule has 0 amide bonds. The van der Waals surface area contributed by atoms with Crippen LogP contribution in [0.3, 0.4) is 0 Å². The predicted octanol–water partition coefficient (Wildman–Crippen LogP) is 3.31. The molecule has 0 aliphatic rings. The van der Waals surface area contributed by atoms with E-state index in [9.17, 15) is 17.6 Å². The van der Waals surface area contributed by atoms with Crippen molar-refractivity contribution in [1.29, 1.82) is 0 Å². The molecule has 0 aromatic heterocycles. The van der Waals surface area contributed by atoms with Gasteiger partial charge in [0.05, 0.1) is 5.88 Å². The minimum atomic E-state index is -3.19. The van der Waals surface area contributed by atoms with Crippen LogP contribution in [-0.4, -0.2) is 6.61 Å². The zero-order valence-corrected chi connectivity index (χ0v) is 7.49. The molecule has 1 aromatic carbocycles. The third kappa shape index (κ3) is 2.29. The second-order valence-corrected chi connectivity index (χ2v) is 2.63. The highest BCUT2D eigenvalue weighted by Gasteiger charge is 2.16. The van der Waals surface area contributed by atoms with Gasteiger partial charge < -0.3 is 4.74 Å². The van der Waals surface area contributed by atoms with Crippen molar-refractivity contribution in [3.05, 3.63) is 29.3 Å². The van der Waals surface area contributed by atoms with E-state index in [0.717, 1.165) is 12.1 Å². The average Bonchev–Trinajstić information content (AvgIpc) is 2.13. The highest BCUT2D eigenvalue weighted by Crippen LogP contribution is 2.24. The molecule has 1 nitrogen and oxygen atoms in total. The van der Waals surface area contributed by atoms with Crippen molar-refractivity contribution in [3.8, 4) is 5.75 Å². The van der Waals surface area contributed by atoms with Gasteiger partial charge in [0.2, 0.25) is 5.82 Å². The molecule has 0 atom stereocenters. The minimum absolute atomic E-state index is 0.106. The lowest BCUT2D eigenvalue weighted by atomic mass is 10.2. The molecule has 0 fully saturated rings. The van der Waals surface area contributed by atoms with Gasteiger partial charge in [-0.1, -0.05) is 6.07 Å². The van der Waals surface area contributed by atoms with Crippen LogP contribution in [0.15, 0.2) is 12.1 Å². The van der Waals surface area contributed by atoms with E-state index in [4.69, 9.17) is 11.6 Å². The van der Waals surface area contributed by atoms with Crippen LogP contribution in [0, 0.1) is 11.6 Å². The summed E-state index contributed by atoms with van der Waals surface area (Å²) in [6.45, 7) is -3.19. The van der Waals surface area contributed by atoms with Crippen molar-refractivity contribution in [2.24, 2.45) is 0 Å². The van der Waals surface area contributed by atoms with E-state index in [0.29, 0.717) is 0 Å². The van der Waals surface area contributed by atoms with Gasteiger partial charge in [-0.15, -0.1) is 11.6 Å². The van der Waals surface area contributed by atoms with Crippen molar-refractivity contribution in [2.45, 2.75) is 12.5 Å². The number of ether oxygens (including phenoxy) is 1. The van der Waals surface area contributed by atoms with E-state index >= 15 is 0 Å². The molecule has 0 radical (unpaired) electrons. The topological polar surface area (TPSA) is 9.23 Å². The van der Waals surface area contributed by atoms with Crippen LogP contribution in [0.1, 0.15) is 5.56 Å². The van der Waals surface area contributed by atoms with Crippen LogP contribution in [-0.2, 0) is 5.88 Å². The summed E-state index contributed by atoms with van der Waals surface area (Å²) in [5.74, 6) is -3.79. The largest absolute Gasteiger partial charge is 0.432 e. The monoisotopic (exact) mass is 228 g/mol. The molecule has 78 valence electrons. The van der Waals surface area contributed by atoms with E-state index < -0.39 is 24.0 Å². The minimum Gasteiger partial charge on any atom is -0.432 e. The summed E-state index contributed by atoms with van der Waals surface area (Å²) in [5.41, 5.74) is -0.106. The Bertz CT molecular complexity index is 329. The normalized spacial score (nSPS) is 10.7. The molecule has 0 unspecified atom stereocenters. The van der Waals surface area contributed by atoms with Gasteiger partial charge >= 0.3 is 6.61 Å². The molecule has 0 aliphatic carbocycles. The number of halogens is 5. The molecule has 0 N–H and O–H groups in total. The van der Waals surface area contributed by atoms with E-state index in [2.05, 4.69) is 4.74 Å². The quantitative estimate of drug-likeness (QED) is 0.570. The third-order valence-corrected chi connectivity index (χ3v) is 1.77. The summed E-state index contributed by atoms with van der Waals surface area (Å²) in [4.78, 5) is 0. The summed E-state index contributed by atoms with van der Waals surface area (Å²) < 4.78 is 52.9. The standard InChI is InChI=1S/C8H5ClF4O/c9-3-4-1-2-5(14-8(12)13)7(11)6(4)10/h1-2,8H,3H2. The predicted molar refractivity (Wildman–Crippen MR) is 42.5 cm³/mol. The van der Waals surface area contributed by atoms with Gasteiger partial charge in [0, 0.05) is 5.56 Å². The highest BCUT2D eigenvalue weighted by atomic mass is 35.5. The molecule has 14 heavy (non-hydrogen) atoms. The first-order valence-electron chi connectivity index (χ1n) is 3.54. The summed E-state index contributed by atoms with van der Waals surface area (Å²) >= 11 is 5.27. The molecule has 0 aliphatic heterocycles. The Morgan fingerprint density at radius 3 is 2.36 bits per heavy atom. The van der Waals surface area contributed by atoms with Crippen molar-refractivity contribution < 1.29 is 22.3 Å². The van der Waals surface area contributed by atoms with Gasteiger partial charge in [-0.3, -0.25) is 0 Å². The zero-order chi connectivity index (χ0) is 10.7. The molecule has 6 heteroatoms. The summed E-state index contributed by atoms with van der Waals surface area (Å²) in [6, 6.07) is 1.99. The Morgan fingerprint density at radius 2 is 1.86 bits per heavy atom. The van der Waals surface area contributed by atoms with E-state index in [1.165, 1.54) is 0 Å². The second kappa shape index (κ2) is 4.50. The Labute approximate surface area is 82.2 Å². The van der Waals surface area contributed by atoms with Gasteiger partial charge in [-0.2, -0.15) is 13.2 Å².